The SMILES string of the molecule is COc1cc(S(=O)(=O)N(CCO)CC(F)F)ccc1N. The molecule has 0 aromatic heterocycles. The summed E-state index contributed by atoms with van der Waals surface area (Å²) in [6, 6.07) is 3.66. The van der Waals surface area contributed by atoms with Gasteiger partial charge >= 0.3 is 0 Å². The smallest absolute Gasteiger partial charge is 0.252 e. The molecule has 3 N–H and O–H groups in total. The van der Waals surface area contributed by atoms with Gasteiger partial charge in [0, 0.05) is 12.6 Å². The summed E-state index contributed by atoms with van der Waals surface area (Å²) in [5.41, 5.74) is 5.80. The molecule has 1 aromatic rings. The first-order valence-electron chi connectivity index (χ1n) is 5.65. The number of hydrogen-bond donors (Lipinski definition) is 2. The number of aliphatic hydroxyl groups excluding tert-OH is 1. The zero-order valence-corrected chi connectivity index (χ0v) is 11.6. The van der Waals surface area contributed by atoms with Crippen molar-refractivity contribution >= 4 is 15.7 Å². The lowest BCUT2D eigenvalue weighted by atomic mass is 10.3. The van der Waals surface area contributed by atoms with Crippen molar-refractivity contribution in [1.82, 2.24) is 4.31 Å². The number of nitrogens with zero attached hydrogens (tertiary/aromatic N) is 1. The number of methoxy groups -OCH3 is 1. The van der Waals surface area contributed by atoms with Gasteiger partial charge in [-0.25, -0.2) is 17.2 Å². The highest BCUT2D eigenvalue weighted by Gasteiger charge is 2.27. The number of alkyl halides is 2. The predicted molar refractivity (Wildman–Crippen MR) is 69.3 cm³/mol. The van der Waals surface area contributed by atoms with E-state index in [1.807, 2.05) is 0 Å². The van der Waals surface area contributed by atoms with Crippen LogP contribution in [0.3, 0.4) is 0 Å². The molecule has 0 aliphatic rings. The standard InChI is InChI=1S/C11H16F2N2O4S/c1-19-10-6-8(2-3-9(10)14)20(17,18)15(4-5-16)7-11(12)13/h2-3,6,11,16H,4-5,7,14H2,1H3. The molecule has 0 aliphatic heterocycles. The first kappa shape index (κ1) is 16.6. The van der Waals surface area contributed by atoms with E-state index in [9.17, 15) is 17.2 Å². The predicted octanol–water partition coefficient (Wildman–Crippen LogP) is 0.525. The van der Waals surface area contributed by atoms with Crippen LogP contribution in [0.1, 0.15) is 0 Å². The van der Waals surface area contributed by atoms with E-state index in [1.165, 1.54) is 19.2 Å². The second kappa shape index (κ2) is 6.82. The van der Waals surface area contributed by atoms with Gasteiger partial charge in [-0.15, -0.1) is 0 Å². The molecule has 9 heteroatoms. The van der Waals surface area contributed by atoms with Crippen LogP contribution in [0.5, 0.6) is 5.75 Å². The molecule has 0 amide bonds. The third-order valence-corrected chi connectivity index (χ3v) is 4.39. The number of nitrogens with two attached hydrogens (primary N) is 1. The van der Waals surface area contributed by atoms with E-state index in [0.29, 0.717) is 4.31 Å². The largest absolute Gasteiger partial charge is 0.495 e. The maximum atomic E-state index is 12.4. The van der Waals surface area contributed by atoms with Crippen LogP contribution in [-0.4, -0.2) is 51.1 Å². The fourth-order valence-electron chi connectivity index (χ4n) is 1.58. The maximum absolute atomic E-state index is 12.4. The third kappa shape index (κ3) is 3.78. The summed E-state index contributed by atoms with van der Waals surface area (Å²) in [6.45, 7) is -1.97. The van der Waals surface area contributed by atoms with Gasteiger partial charge in [-0.2, -0.15) is 4.31 Å². The minimum absolute atomic E-state index is 0.132. The van der Waals surface area contributed by atoms with Gasteiger partial charge in [-0.05, 0) is 12.1 Å². The van der Waals surface area contributed by atoms with Crippen LogP contribution < -0.4 is 10.5 Å². The highest BCUT2D eigenvalue weighted by atomic mass is 32.2. The number of rotatable bonds is 7. The van der Waals surface area contributed by atoms with Crippen LogP contribution in [0.25, 0.3) is 0 Å². The number of anilines is 1. The van der Waals surface area contributed by atoms with Gasteiger partial charge in [0.2, 0.25) is 10.0 Å². The molecule has 1 aromatic carbocycles. The highest BCUT2D eigenvalue weighted by molar-refractivity contribution is 7.89. The lowest BCUT2D eigenvalue weighted by Crippen LogP contribution is -2.37. The van der Waals surface area contributed by atoms with E-state index in [-0.39, 0.29) is 16.3 Å². The van der Waals surface area contributed by atoms with Crippen LogP contribution in [0.15, 0.2) is 23.1 Å². The number of sulfonamides is 1. The Morgan fingerprint density at radius 2 is 2.10 bits per heavy atom. The van der Waals surface area contributed by atoms with Gasteiger partial charge in [0.1, 0.15) is 5.75 Å². The summed E-state index contributed by atoms with van der Waals surface area (Å²) in [7, 11) is -2.84. The summed E-state index contributed by atoms with van der Waals surface area (Å²) < 4.78 is 54.7. The zero-order valence-electron chi connectivity index (χ0n) is 10.8. The Morgan fingerprint density at radius 1 is 1.45 bits per heavy atom. The second-order valence-corrected chi connectivity index (χ2v) is 5.82. The minimum atomic E-state index is -4.15. The third-order valence-electron chi connectivity index (χ3n) is 2.53. The lowest BCUT2D eigenvalue weighted by molar-refractivity contribution is 0.113. The molecule has 0 aliphatic carbocycles. The number of hydrogen-bond acceptors (Lipinski definition) is 5. The van der Waals surface area contributed by atoms with Crippen LogP contribution >= 0.6 is 0 Å². The minimum Gasteiger partial charge on any atom is -0.495 e. The summed E-state index contributed by atoms with van der Waals surface area (Å²) in [5, 5.41) is 8.81. The van der Waals surface area contributed by atoms with Crippen molar-refractivity contribution in [1.29, 1.82) is 0 Å². The molecule has 0 unspecified atom stereocenters. The summed E-state index contributed by atoms with van der Waals surface area (Å²) in [6.07, 6.45) is -2.84. The molecule has 0 spiro atoms. The van der Waals surface area contributed by atoms with Crippen molar-refractivity contribution in [3.8, 4) is 5.75 Å². The summed E-state index contributed by atoms with van der Waals surface area (Å²) in [5.74, 6) is 0.132. The van der Waals surface area contributed by atoms with Gasteiger partial charge < -0.3 is 15.6 Å². The fraction of sp³-hybridized carbons (Fsp3) is 0.455. The molecule has 0 radical (unpaired) electrons. The van der Waals surface area contributed by atoms with Gasteiger partial charge in [0.05, 0.1) is 30.8 Å². The normalized spacial score (nSPS) is 12.1. The van der Waals surface area contributed by atoms with Crippen molar-refractivity contribution in [3.63, 3.8) is 0 Å². The van der Waals surface area contributed by atoms with Crippen molar-refractivity contribution < 1.29 is 27.0 Å². The summed E-state index contributed by atoms with van der Waals surface area (Å²) >= 11 is 0. The quantitative estimate of drug-likeness (QED) is 0.717. The Hall–Kier alpha value is -1.45. The highest BCUT2D eigenvalue weighted by Crippen LogP contribution is 2.26. The Kier molecular flexibility index (Phi) is 5.66. The molecule has 0 bridgehead atoms. The number of aliphatic hydroxyl groups is 1. The molecule has 6 nitrogen and oxygen atoms in total. The number of halogens is 2. The fourth-order valence-corrected chi connectivity index (χ4v) is 3.00. The van der Waals surface area contributed by atoms with Gasteiger partial charge in [0.15, 0.2) is 0 Å². The van der Waals surface area contributed by atoms with Crippen LogP contribution in [0.2, 0.25) is 0 Å². The molecule has 0 heterocycles. The lowest BCUT2D eigenvalue weighted by Gasteiger charge is -2.21. The van der Waals surface area contributed by atoms with Crippen LogP contribution in [0.4, 0.5) is 14.5 Å². The number of benzene rings is 1. The second-order valence-electron chi connectivity index (χ2n) is 3.88. The van der Waals surface area contributed by atoms with Gasteiger partial charge in [-0.1, -0.05) is 0 Å². The molecule has 20 heavy (non-hydrogen) atoms. The first-order valence-corrected chi connectivity index (χ1v) is 7.09. The average molecular weight is 310 g/mol. The monoisotopic (exact) mass is 310 g/mol. The van der Waals surface area contributed by atoms with Crippen LogP contribution in [0, 0.1) is 0 Å². The molecule has 0 atom stereocenters. The van der Waals surface area contributed by atoms with Crippen molar-refractivity contribution in [2.24, 2.45) is 0 Å². The number of nitrogen functional groups attached to an aromatic ring is 1. The topological polar surface area (TPSA) is 92.9 Å². The Labute approximate surface area is 115 Å². The van der Waals surface area contributed by atoms with Gasteiger partial charge in [-0.3, -0.25) is 0 Å². The molecular weight excluding hydrogens is 294 g/mol. The van der Waals surface area contributed by atoms with Crippen molar-refractivity contribution in [2.75, 3.05) is 32.5 Å². The molecule has 0 saturated carbocycles. The average Bonchev–Trinajstić information content (AvgIpc) is 2.38. The molecule has 1 rings (SSSR count). The van der Waals surface area contributed by atoms with E-state index in [4.69, 9.17) is 15.6 Å². The van der Waals surface area contributed by atoms with E-state index in [0.717, 1.165) is 6.07 Å². The molecule has 0 fully saturated rings. The van der Waals surface area contributed by atoms with E-state index >= 15 is 0 Å². The van der Waals surface area contributed by atoms with Gasteiger partial charge in [0.25, 0.3) is 6.43 Å². The van der Waals surface area contributed by atoms with E-state index in [2.05, 4.69) is 0 Å². The Balaban J connectivity index is 3.18. The Bertz CT molecular complexity index is 551. The van der Waals surface area contributed by atoms with Crippen molar-refractivity contribution in [2.45, 2.75) is 11.3 Å². The molecule has 0 saturated heterocycles. The Morgan fingerprint density at radius 3 is 2.60 bits per heavy atom. The molecular formula is C11H16F2N2O4S. The number of ether oxygens (including phenoxy) is 1. The first-order chi connectivity index (χ1) is 9.32. The molecule has 114 valence electrons. The maximum Gasteiger partial charge on any atom is 0.252 e. The van der Waals surface area contributed by atoms with Crippen molar-refractivity contribution in [3.05, 3.63) is 18.2 Å². The summed E-state index contributed by atoms with van der Waals surface area (Å²) in [4.78, 5) is -0.224. The van der Waals surface area contributed by atoms with Crippen LogP contribution in [-0.2, 0) is 10.0 Å². The zero-order chi connectivity index (χ0) is 15.3. The van der Waals surface area contributed by atoms with E-state index < -0.39 is 36.1 Å². The van der Waals surface area contributed by atoms with E-state index in [1.54, 1.807) is 0 Å².